The molecular formula is C28H50HfN2Si2. The molecule has 0 amide bonds. The van der Waals surface area contributed by atoms with E-state index in [4.69, 9.17) is 0 Å². The van der Waals surface area contributed by atoms with Gasteiger partial charge in [-0.2, -0.15) is 0 Å². The van der Waals surface area contributed by atoms with Gasteiger partial charge >= 0.3 is 194 Å². The molecule has 0 N–H and O–H groups in total. The molecule has 2 nitrogen and oxygen atoms in total. The van der Waals surface area contributed by atoms with E-state index in [-0.39, 0.29) is 0 Å². The van der Waals surface area contributed by atoms with E-state index in [0.29, 0.717) is 0 Å². The Morgan fingerprint density at radius 3 is 1.33 bits per heavy atom. The van der Waals surface area contributed by atoms with Gasteiger partial charge in [-0.3, -0.25) is 0 Å². The quantitative estimate of drug-likeness (QED) is 0.260. The fraction of sp³-hybridized carbons (Fsp3) is 0.714. The van der Waals surface area contributed by atoms with Gasteiger partial charge in [0.05, 0.1) is 0 Å². The predicted octanol–water partition coefficient (Wildman–Crippen LogP) is 7.76. The van der Waals surface area contributed by atoms with E-state index in [2.05, 4.69) is 73.5 Å². The van der Waals surface area contributed by atoms with Crippen LogP contribution in [0.1, 0.15) is 78.1 Å². The summed E-state index contributed by atoms with van der Waals surface area (Å²) in [6, 6.07) is 0. The summed E-state index contributed by atoms with van der Waals surface area (Å²) in [4.78, 5) is 0. The summed E-state index contributed by atoms with van der Waals surface area (Å²) in [5.74, 6) is 0. The zero-order chi connectivity index (χ0) is 23.9. The average Bonchev–Trinajstić information content (AvgIpc) is 3.51. The van der Waals surface area contributed by atoms with Gasteiger partial charge in [-0.15, -0.1) is 0 Å². The van der Waals surface area contributed by atoms with Crippen LogP contribution >= 0.6 is 0 Å². The third-order valence-corrected chi connectivity index (χ3v) is 23.3. The molecule has 4 aliphatic rings. The second-order valence-corrected chi connectivity index (χ2v) is 25.1. The van der Waals surface area contributed by atoms with Crippen LogP contribution in [-0.4, -0.2) is 51.8 Å². The Morgan fingerprint density at radius 2 is 1.00 bits per heavy atom. The van der Waals surface area contributed by atoms with Crippen molar-refractivity contribution in [2.24, 2.45) is 0 Å². The summed E-state index contributed by atoms with van der Waals surface area (Å²) < 4.78 is 9.73. The van der Waals surface area contributed by atoms with Crippen LogP contribution in [0.5, 0.6) is 0 Å². The number of allylic oxidation sites excluding steroid dienone is 8. The van der Waals surface area contributed by atoms with Crippen molar-refractivity contribution >= 4 is 16.5 Å². The SMILES string of the molecule is CCCC.C[Si](C)(C1=[C]([Hf][C]2=C([Si](C)(C)N3CCCCC3)C=CC2)CC=C1)N1CCCCC1. The second-order valence-electron chi connectivity index (χ2n) is 11.3. The summed E-state index contributed by atoms with van der Waals surface area (Å²) in [6.45, 7) is 20.3. The van der Waals surface area contributed by atoms with Crippen molar-refractivity contribution in [1.29, 1.82) is 0 Å². The molecule has 0 unspecified atom stereocenters. The van der Waals surface area contributed by atoms with Crippen molar-refractivity contribution < 1.29 is 22.9 Å². The summed E-state index contributed by atoms with van der Waals surface area (Å²) >= 11 is -0.930. The minimum absolute atomic E-state index is 0.930. The molecule has 0 atom stereocenters. The fourth-order valence-electron chi connectivity index (χ4n) is 5.82. The van der Waals surface area contributed by atoms with Crippen molar-refractivity contribution in [1.82, 2.24) is 9.13 Å². The monoisotopic (exact) mass is 650 g/mol. The van der Waals surface area contributed by atoms with Crippen LogP contribution in [-0.2, 0) is 22.9 Å². The molecule has 5 heteroatoms. The molecule has 4 rings (SSSR count). The normalized spacial score (nSPS) is 22.7. The van der Waals surface area contributed by atoms with Crippen molar-refractivity contribution in [3.8, 4) is 0 Å². The number of piperidine rings is 2. The average molecular weight is 649 g/mol. The molecule has 0 spiro atoms. The number of unbranched alkanes of at least 4 members (excludes halogenated alkanes) is 1. The van der Waals surface area contributed by atoms with E-state index in [9.17, 15) is 0 Å². The van der Waals surface area contributed by atoms with Crippen LogP contribution in [0.15, 0.2) is 41.4 Å². The fourth-order valence-corrected chi connectivity index (χ4v) is 24.2. The Balaban J connectivity index is 0.000000709. The van der Waals surface area contributed by atoms with Gasteiger partial charge in [0, 0.05) is 0 Å². The van der Waals surface area contributed by atoms with Crippen molar-refractivity contribution in [3.05, 3.63) is 41.4 Å². The molecule has 0 bridgehead atoms. The zero-order valence-electron chi connectivity index (χ0n) is 22.6. The number of hydrogen-bond donors (Lipinski definition) is 0. The van der Waals surface area contributed by atoms with Gasteiger partial charge < -0.3 is 0 Å². The van der Waals surface area contributed by atoms with Crippen LogP contribution in [0, 0.1) is 0 Å². The zero-order valence-corrected chi connectivity index (χ0v) is 28.2. The molecule has 0 aromatic heterocycles. The second kappa shape index (κ2) is 12.9. The van der Waals surface area contributed by atoms with Crippen LogP contribution in [0.4, 0.5) is 0 Å². The maximum absolute atomic E-state index is 2.92. The third kappa shape index (κ3) is 6.90. The molecule has 0 aromatic rings. The number of nitrogens with zero attached hydrogens (tertiary/aromatic N) is 2. The molecule has 2 aliphatic heterocycles. The van der Waals surface area contributed by atoms with E-state index in [1.807, 2.05) is 17.1 Å². The first-order valence-electron chi connectivity index (χ1n) is 13.9. The standard InChI is InChI=1S/2C12H20NSi.C4H10.Hf/c2*1-14(2,12-8-4-5-9-12)13-10-6-3-7-11-13;1-3-4-2;/h2*4,8H,3,5-7,10-11H2,1-2H3;3-4H2,1-2H3;. The molecule has 2 aliphatic carbocycles. The number of rotatable bonds is 7. The topological polar surface area (TPSA) is 6.48 Å². The first kappa shape index (κ1) is 27.8. The molecule has 0 saturated carbocycles. The van der Waals surface area contributed by atoms with Crippen molar-refractivity contribution in [2.75, 3.05) is 26.2 Å². The van der Waals surface area contributed by atoms with Crippen LogP contribution in [0.3, 0.4) is 0 Å². The van der Waals surface area contributed by atoms with Gasteiger partial charge in [-0.05, 0) is 0 Å². The Bertz CT molecular complexity index is 703. The summed E-state index contributed by atoms with van der Waals surface area (Å²) in [6.07, 6.45) is 23.9. The van der Waals surface area contributed by atoms with E-state index < -0.39 is 39.4 Å². The van der Waals surface area contributed by atoms with Gasteiger partial charge in [0.15, 0.2) is 0 Å². The van der Waals surface area contributed by atoms with Gasteiger partial charge in [0.25, 0.3) is 0 Å². The molecule has 0 radical (unpaired) electrons. The first-order chi connectivity index (χ1) is 15.8. The molecule has 184 valence electrons. The Labute approximate surface area is 219 Å². The number of hydrogen-bond acceptors (Lipinski definition) is 2. The molecule has 2 heterocycles. The first-order valence-corrected chi connectivity index (χ1v) is 23.4. The predicted molar refractivity (Wildman–Crippen MR) is 148 cm³/mol. The molecule has 33 heavy (non-hydrogen) atoms. The molecule has 2 fully saturated rings. The van der Waals surface area contributed by atoms with E-state index in [1.165, 1.54) is 90.4 Å². The van der Waals surface area contributed by atoms with E-state index >= 15 is 0 Å². The van der Waals surface area contributed by atoms with E-state index in [1.54, 1.807) is 0 Å². The van der Waals surface area contributed by atoms with Crippen LogP contribution < -0.4 is 0 Å². The van der Waals surface area contributed by atoms with Gasteiger partial charge in [-0.25, -0.2) is 0 Å². The van der Waals surface area contributed by atoms with Gasteiger partial charge in [0.1, 0.15) is 0 Å². The molecular weight excluding hydrogens is 599 g/mol. The minimum atomic E-state index is -1.47. The van der Waals surface area contributed by atoms with Gasteiger partial charge in [-0.1, -0.05) is 26.7 Å². The van der Waals surface area contributed by atoms with Crippen LogP contribution in [0.2, 0.25) is 26.2 Å². The summed E-state index contributed by atoms with van der Waals surface area (Å²) in [7, 11) is -2.94. The van der Waals surface area contributed by atoms with Crippen molar-refractivity contribution in [3.63, 3.8) is 0 Å². The third-order valence-electron chi connectivity index (χ3n) is 8.28. The van der Waals surface area contributed by atoms with E-state index in [0.717, 1.165) is 0 Å². The summed E-state index contributed by atoms with van der Waals surface area (Å²) in [5.41, 5.74) is 0. The molecule has 2 saturated heterocycles. The molecule has 0 aromatic carbocycles. The Morgan fingerprint density at radius 1 is 0.636 bits per heavy atom. The Kier molecular flexibility index (Phi) is 10.9. The van der Waals surface area contributed by atoms with Crippen LogP contribution in [0.25, 0.3) is 0 Å². The maximum atomic E-state index is 2.92. The summed E-state index contributed by atoms with van der Waals surface area (Å²) in [5, 5.41) is 3.69. The van der Waals surface area contributed by atoms with Gasteiger partial charge in [0.2, 0.25) is 0 Å². The Hall–Kier alpha value is 0.184. The van der Waals surface area contributed by atoms with Crippen molar-refractivity contribution in [2.45, 2.75) is 104 Å².